The first kappa shape index (κ1) is 16.5. The lowest BCUT2D eigenvalue weighted by molar-refractivity contribution is -0.139. The van der Waals surface area contributed by atoms with Gasteiger partial charge in [0.1, 0.15) is 6.61 Å². The number of ether oxygens (including phenoxy) is 2. The van der Waals surface area contributed by atoms with Gasteiger partial charge in [-0.3, -0.25) is 4.98 Å². The molecular weight excluding hydrogens is 302 g/mol. The molecule has 0 spiro atoms. The molecule has 0 unspecified atom stereocenters. The van der Waals surface area contributed by atoms with Crippen LogP contribution in [0, 0.1) is 0 Å². The number of carbonyl (C=O) groups excluding carboxylic acids is 3. The minimum Gasteiger partial charge on any atom is -0.463 e. The average molecular weight is 319 g/mol. The van der Waals surface area contributed by atoms with E-state index in [0.29, 0.717) is 5.56 Å². The van der Waals surface area contributed by atoms with Gasteiger partial charge >= 0.3 is 18.0 Å². The molecule has 0 bridgehead atoms. The van der Waals surface area contributed by atoms with Gasteiger partial charge < -0.3 is 20.1 Å². The van der Waals surface area contributed by atoms with E-state index < -0.39 is 24.0 Å². The molecule has 2 N–H and O–H groups in total. The lowest BCUT2D eigenvalue weighted by Gasteiger charge is -2.26. The van der Waals surface area contributed by atoms with E-state index in [2.05, 4.69) is 15.6 Å². The Kier molecular flexibility index (Phi) is 5.29. The van der Waals surface area contributed by atoms with Gasteiger partial charge in [-0.15, -0.1) is 0 Å². The molecule has 1 aliphatic rings. The van der Waals surface area contributed by atoms with Crippen LogP contribution < -0.4 is 10.6 Å². The number of rotatable bonds is 5. The van der Waals surface area contributed by atoms with E-state index in [4.69, 9.17) is 9.47 Å². The summed E-state index contributed by atoms with van der Waals surface area (Å²) >= 11 is 0. The van der Waals surface area contributed by atoms with E-state index in [9.17, 15) is 14.4 Å². The standard InChI is InChI=1S/C15H17N3O5/c1-3-22-14(20)12-9(2)17-15(21)18-11(12)8-23-13(19)10-4-6-16-7-5-10/h4-7,9H,3,8H2,1-2H3,(H2,17,18,21)/t9-/m1/s1. The quantitative estimate of drug-likeness (QED) is 0.776. The van der Waals surface area contributed by atoms with Crippen LogP contribution in [0.15, 0.2) is 35.8 Å². The van der Waals surface area contributed by atoms with Crippen LogP contribution in [0.4, 0.5) is 4.79 Å². The third-order valence-electron chi connectivity index (χ3n) is 3.13. The van der Waals surface area contributed by atoms with Gasteiger partial charge in [0, 0.05) is 12.4 Å². The van der Waals surface area contributed by atoms with Crippen LogP contribution in [0.1, 0.15) is 24.2 Å². The minimum absolute atomic E-state index is 0.201. The summed E-state index contributed by atoms with van der Waals surface area (Å²) in [5.41, 5.74) is 0.766. The number of nitrogens with zero attached hydrogens (tertiary/aromatic N) is 1. The van der Waals surface area contributed by atoms with E-state index in [-0.39, 0.29) is 24.5 Å². The Morgan fingerprint density at radius 3 is 2.57 bits per heavy atom. The molecule has 8 heteroatoms. The van der Waals surface area contributed by atoms with E-state index in [0.717, 1.165) is 0 Å². The van der Waals surface area contributed by atoms with Crippen molar-refractivity contribution in [2.24, 2.45) is 0 Å². The molecule has 1 atom stereocenters. The Morgan fingerprint density at radius 1 is 1.22 bits per heavy atom. The normalized spacial score (nSPS) is 17.1. The summed E-state index contributed by atoms with van der Waals surface area (Å²) in [6, 6.07) is 2.00. The molecule has 0 fully saturated rings. The van der Waals surface area contributed by atoms with Crippen LogP contribution in [-0.4, -0.2) is 42.2 Å². The molecule has 8 nitrogen and oxygen atoms in total. The summed E-state index contributed by atoms with van der Waals surface area (Å²) < 4.78 is 10.1. The largest absolute Gasteiger partial charge is 0.463 e. The van der Waals surface area contributed by atoms with Crippen molar-refractivity contribution in [1.82, 2.24) is 15.6 Å². The zero-order valence-electron chi connectivity index (χ0n) is 12.8. The number of carbonyl (C=O) groups is 3. The third-order valence-corrected chi connectivity index (χ3v) is 3.13. The predicted molar refractivity (Wildman–Crippen MR) is 79.3 cm³/mol. The van der Waals surface area contributed by atoms with Crippen LogP contribution in [-0.2, 0) is 14.3 Å². The molecular formula is C15H17N3O5. The molecule has 23 heavy (non-hydrogen) atoms. The number of hydrogen-bond donors (Lipinski definition) is 2. The van der Waals surface area contributed by atoms with Crippen molar-refractivity contribution in [3.05, 3.63) is 41.4 Å². The molecule has 0 radical (unpaired) electrons. The van der Waals surface area contributed by atoms with Crippen LogP contribution in [0.2, 0.25) is 0 Å². The molecule has 2 rings (SSSR count). The third kappa shape index (κ3) is 4.06. The van der Waals surface area contributed by atoms with Gasteiger partial charge in [0.2, 0.25) is 0 Å². The van der Waals surface area contributed by atoms with Crippen molar-refractivity contribution >= 4 is 18.0 Å². The number of urea groups is 1. The van der Waals surface area contributed by atoms with Gasteiger partial charge in [0.05, 0.1) is 29.5 Å². The van der Waals surface area contributed by atoms with Gasteiger partial charge in [-0.1, -0.05) is 0 Å². The Labute approximate surface area is 132 Å². The lowest BCUT2D eigenvalue weighted by atomic mass is 10.0. The summed E-state index contributed by atoms with van der Waals surface area (Å²) in [5.74, 6) is -1.15. The summed E-state index contributed by atoms with van der Waals surface area (Å²) in [5, 5.41) is 5.04. The molecule has 0 saturated carbocycles. The van der Waals surface area contributed by atoms with E-state index >= 15 is 0 Å². The second-order valence-electron chi connectivity index (χ2n) is 4.74. The van der Waals surface area contributed by atoms with Crippen LogP contribution in [0.5, 0.6) is 0 Å². The zero-order chi connectivity index (χ0) is 16.8. The monoisotopic (exact) mass is 319 g/mol. The fourth-order valence-electron chi connectivity index (χ4n) is 2.10. The van der Waals surface area contributed by atoms with Crippen molar-refractivity contribution < 1.29 is 23.9 Å². The lowest BCUT2D eigenvalue weighted by Crippen LogP contribution is -2.50. The maximum Gasteiger partial charge on any atom is 0.338 e. The number of esters is 2. The molecule has 122 valence electrons. The fourth-order valence-corrected chi connectivity index (χ4v) is 2.10. The maximum atomic E-state index is 12.0. The average Bonchev–Trinajstić information content (AvgIpc) is 2.53. The zero-order valence-corrected chi connectivity index (χ0v) is 12.8. The Morgan fingerprint density at radius 2 is 1.91 bits per heavy atom. The topological polar surface area (TPSA) is 107 Å². The highest BCUT2D eigenvalue weighted by Gasteiger charge is 2.30. The van der Waals surface area contributed by atoms with Crippen molar-refractivity contribution in [2.45, 2.75) is 19.9 Å². The highest BCUT2D eigenvalue weighted by Crippen LogP contribution is 2.15. The summed E-state index contributed by atoms with van der Waals surface area (Å²) in [6.45, 7) is 3.29. The number of hydrogen-bond acceptors (Lipinski definition) is 6. The smallest absolute Gasteiger partial charge is 0.338 e. The number of pyridine rings is 1. The molecule has 1 aromatic rings. The van der Waals surface area contributed by atoms with E-state index in [1.807, 2.05) is 0 Å². The molecule has 1 aromatic heterocycles. The molecule has 0 aromatic carbocycles. The first-order chi connectivity index (χ1) is 11.0. The van der Waals surface area contributed by atoms with Crippen molar-refractivity contribution in [3.63, 3.8) is 0 Å². The summed E-state index contributed by atoms with van der Waals surface area (Å²) in [6.07, 6.45) is 2.93. The van der Waals surface area contributed by atoms with Crippen LogP contribution in [0.3, 0.4) is 0 Å². The molecule has 0 saturated heterocycles. The predicted octanol–water partition coefficient (Wildman–Crippen LogP) is 0.757. The highest BCUT2D eigenvalue weighted by atomic mass is 16.5. The minimum atomic E-state index is -0.580. The summed E-state index contributed by atoms with van der Waals surface area (Å²) in [4.78, 5) is 39.3. The molecule has 2 amide bonds. The Bertz CT molecular complexity index is 642. The van der Waals surface area contributed by atoms with Gasteiger partial charge in [0.15, 0.2) is 0 Å². The molecule has 0 aliphatic carbocycles. The van der Waals surface area contributed by atoms with Crippen molar-refractivity contribution in [1.29, 1.82) is 0 Å². The number of amides is 2. The second-order valence-corrected chi connectivity index (χ2v) is 4.74. The van der Waals surface area contributed by atoms with E-state index in [1.165, 1.54) is 24.5 Å². The van der Waals surface area contributed by atoms with Gasteiger partial charge in [0.25, 0.3) is 0 Å². The Balaban J connectivity index is 2.15. The Hall–Kier alpha value is -2.90. The molecule has 2 heterocycles. The van der Waals surface area contributed by atoms with Crippen LogP contribution >= 0.6 is 0 Å². The van der Waals surface area contributed by atoms with E-state index in [1.54, 1.807) is 13.8 Å². The number of nitrogens with one attached hydrogen (secondary N) is 2. The van der Waals surface area contributed by atoms with Crippen molar-refractivity contribution in [3.8, 4) is 0 Å². The van der Waals surface area contributed by atoms with Crippen molar-refractivity contribution in [2.75, 3.05) is 13.2 Å². The first-order valence-electron chi connectivity index (χ1n) is 7.07. The number of aromatic nitrogens is 1. The molecule has 1 aliphatic heterocycles. The van der Waals surface area contributed by atoms with Gasteiger partial charge in [-0.2, -0.15) is 0 Å². The summed E-state index contributed by atoms with van der Waals surface area (Å²) in [7, 11) is 0. The first-order valence-corrected chi connectivity index (χ1v) is 7.07. The second kappa shape index (κ2) is 7.39. The maximum absolute atomic E-state index is 12.0. The van der Waals surface area contributed by atoms with Crippen LogP contribution in [0.25, 0.3) is 0 Å². The van der Waals surface area contributed by atoms with Gasteiger partial charge in [-0.05, 0) is 26.0 Å². The van der Waals surface area contributed by atoms with Gasteiger partial charge in [-0.25, -0.2) is 14.4 Å². The SMILES string of the molecule is CCOC(=O)C1=C(COC(=O)c2ccncc2)NC(=O)N[C@@H]1C. The fraction of sp³-hybridized carbons (Fsp3) is 0.333. The highest BCUT2D eigenvalue weighted by molar-refractivity contribution is 5.95.